The van der Waals surface area contributed by atoms with Gasteiger partial charge < -0.3 is 10.6 Å². The van der Waals surface area contributed by atoms with E-state index < -0.39 is 0 Å². The first-order valence-electron chi connectivity index (χ1n) is 8.26. The van der Waals surface area contributed by atoms with E-state index >= 15 is 0 Å². The highest BCUT2D eigenvalue weighted by molar-refractivity contribution is 14.1. The second-order valence-electron chi connectivity index (χ2n) is 5.94. The van der Waals surface area contributed by atoms with Crippen LogP contribution in [0.3, 0.4) is 0 Å². The molecule has 3 rings (SSSR count). The van der Waals surface area contributed by atoms with Gasteiger partial charge in [-0.1, -0.05) is 40.8 Å². The molecule has 3 aromatic rings. The van der Waals surface area contributed by atoms with E-state index in [0.717, 1.165) is 32.1 Å². The van der Waals surface area contributed by atoms with Crippen LogP contribution in [0.2, 0.25) is 0 Å². The normalized spacial score (nSPS) is 11.2. The molecule has 0 fully saturated rings. The molecule has 27 heavy (non-hydrogen) atoms. The molecule has 0 atom stereocenters. The minimum Gasteiger partial charge on any atom is -0.383 e. The van der Waals surface area contributed by atoms with Crippen LogP contribution in [0.15, 0.2) is 48.1 Å². The van der Waals surface area contributed by atoms with E-state index in [2.05, 4.69) is 63.4 Å². The van der Waals surface area contributed by atoms with Gasteiger partial charge in [0.15, 0.2) is 6.29 Å². The van der Waals surface area contributed by atoms with Crippen molar-refractivity contribution in [3.8, 4) is 0 Å². The number of allylic oxidation sites excluding steroid dienone is 1. The first-order chi connectivity index (χ1) is 13.1. The molecule has 2 heterocycles. The first-order valence-corrected chi connectivity index (χ1v) is 10.6. The predicted molar refractivity (Wildman–Crippen MR) is 124 cm³/mol. The summed E-state index contributed by atoms with van der Waals surface area (Å²) in [6.45, 7) is 3.79. The summed E-state index contributed by atoms with van der Waals surface area (Å²) >= 11 is 3.71. The summed E-state index contributed by atoms with van der Waals surface area (Å²) < 4.78 is 1.87. The van der Waals surface area contributed by atoms with E-state index in [9.17, 15) is 4.79 Å². The molecule has 0 aliphatic rings. The highest BCUT2D eigenvalue weighted by atomic mass is 127. The van der Waals surface area contributed by atoms with Crippen molar-refractivity contribution in [1.82, 2.24) is 4.98 Å². The average Bonchev–Trinajstić information content (AvgIpc) is 3.06. The molecule has 5 nitrogen and oxygen atoms in total. The fourth-order valence-electron chi connectivity index (χ4n) is 2.76. The number of hydrogen-bond donors (Lipinski definition) is 1. The number of aldehydes is 1. The number of nitrogens with zero attached hydrogens (tertiary/aromatic N) is 3. The zero-order valence-electron chi connectivity index (χ0n) is 14.9. The maximum Gasteiger partial charge on any atom is 0.162 e. The van der Waals surface area contributed by atoms with Crippen molar-refractivity contribution in [2.45, 2.75) is 10.8 Å². The van der Waals surface area contributed by atoms with Gasteiger partial charge in [-0.15, -0.1) is 17.9 Å². The van der Waals surface area contributed by atoms with Crippen molar-refractivity contribution >= 4 is 73.8 Å². The molecule has 7 heteroatoms. The Labute approximate surface area is 175 Å². The largest absolute Gasteiger partial charge is 0.383 e. The molecule has 2 aromatic heterocycles. The third-order valence-corrected chi connectivity index (χ3v) is 6.10. The summed E-state index contributed by atoms with van der Waals surface area (Å²) in [6, 6.07) is 8.30. The Morgan fingerprint density at radius 2 is 2.11 bits per heavy atom. The van der Waals surface area contributed by atoms with Gasteiger partial charge in [0, 0.05) is 34.3 Å². The molecule has 0 amide bonds. The van der Waals surface area contributed by atoms with Gasteiger partial charge in [-0.05, 0) is 24.1 Å². The second kappa shape index (κ2) is 8.62. The van der Waals surface area contributed by atoms with Crippen LogP contribution >= 0.6 is 33.9 Å². The van der Waals surface area contributed by atoms with E-state index in [1.807, 2.05) is 11.9 Å². The zero-order chi connectivity index (χ0) is 19.4. The lowest BCUT2D eigenvalue weighted by molar-refractivity contribution is 0.112. The number of aromatic nitrogens is 1. The molecule has 1 aromatic carbocycles. The van der Waals surface area contributed by atoms with Gasteiger partial charge in [0.05, 0.1) is 21.6 Å². The minimum absolute atomic E-state index is 0.442. The third-order valence-electron chi connectivity index (χ3n) is 4.18. The number of alkyl halides is 1. The summed E-state index contributed by atoms with van der Waals surface area (Å²) in [5, 5.41) is 0.874. The number of pyridine rings is 1. The molecule has 0 spiro atoms. The van der Waals surface area contributed by atoms with Crippen molar-refractivity contribution in [3.63, 3.8) is 0 Å². The molecule has 0 radical (unpaired) electrons. The first kappa shape index (κ1) is 19.5. The number of fused-ring (bicyclic) bond motifs is 1. The van der Waals surface area contributed by atoms with Gasteiger partial charge in [-0.3, -0.25) is 4.79 Å². The maximum atomic E-state index is 11.6. The van der Waals surface area contributed by atoms with Crippen LogP contribution in [-0.4, -0.2) is 24.7 Å². The fourth-order valence-corrected chi connectivity index (χ4v) is 4.24. The van der Waals surface area contributed by atoms with Crippen molar-refractivity contribution in [2.75, 3.05) is 17.7 Å². The minimum atomic E-state index is 0.442. The van der Waals surface area contributed by atoms with Crippen LogP contribution in [0.25, 0.3) is 10.1 Å². The lowest BCUT2D eigenvalue weighted by Gasteiger charge is -2.13. The number of nitrogen functional groups attached to an aromatic ring is 1. The van der Waals surface area contributed by atoms with Gasteiger partial charge in [-0.2, -0.15) is 0 Å². The Morgan fingerprint density at radius 1 is 1.37 bits per heavy atom. The van der Waals surface area contributed by atoms with Crippen molar-refractivity contribution in [3.05, 3.63) is 59.1 Å². The topological polar surface area (TPSA) is 71.6 Å². The van der Waals surface area contributed by atoms with Gasteiger partial charge in [0.1, 0.15) is 5.82 Å². The molecule has 0 unspecified atom stereocenters. The maximum absolute atomic E-state index is 11.6. The lowest BCUT2D eigenvalue weighted by atomic mass is 10.1. The van der Waals surface area contributed by atoms with Crippen molar-refractivity contribution < 1.29 is 4.79 Å². The van der Waals surface area contributed by atoms with Crippen LogP contribution in [0.4, 0.5) is 17.2 Å². The molecule has 0 aliphatic heterocycles. The van der Waals surface area contributed by atoms with Crippen molar-refractivity contribution in [2.24, 2.45) is 4.99 Å². The summed E-state index contributed by atoms with van der Waals surface area (Å²) in [5.74, 6) is 0.442. The molecule has 2 N–H and O–H groups in total. The highest BCUT2D eigenvalue weighted by Crippen LogP contribution is 2.40. The van der Waals surface area contributed by atoms with E-state index in [1.165, 1.54) is 16.9 Å². The monoisotopic (exact) mass is 490 g/mol. The molecular weight excluding hydrogens is 471 g/mol. The Balaban J connectivity index is 2.04. The quantitative estimate of drug-likeness (QED) is 0.124. The Morgan fingerprint density at radius 3 is 2.74 bits per heavy atom. The molecular formula is C20H19IN4OS. The number of halogens is 1. The fraction of sp³-hybridized carbons (Fsp3) is 0.150. The summed E-state index contributed by atoms with van der Waals surface area (Å²) in [7, 11) is 1.93. The Kier molecular flexibility index (Phi) is 6.22. The second-order valence-corrected chi connectivity index (χ2v) is 7.79. The van der Waals surface area contributed by atoms with Crippen LogP contribution in [-0.2, 0) is 10.8 Å². The van der Waals surface area contributed by atoms with Gasteiger partial charge >= 0.3 is 0 Å². The van der Waals surface area contributed by atoms with E-state index in [1.54, 1.807) is 18.6 Å². The standard InChI is InChI=1S/C20H19IN4OS/c1-3-4-15-18-16(10-23-20(15)22)27-17(11-26)19(18)24-12-25(2)14-7-5-13(9-21)6-8-14/h3,5-8,10-12H,1,4,9H2,2H3,(H2,22,23)/b24-12-. The van der Waals surface area contributed by atoms with Crippen LogP contribution < -0.4 is 10.6 Å². The number of carbonyl (C=O) groups is 1. The average molecular weight is 490 g/mol. The number of aliphatic imine (C=N–C) groups is 1. The molecule has 0 saturated carbocycles. The van der Waals surface area contributed by atoms with Crippen LogP contribution in [0.5, 0.6) is 0 Å². The smallest absolute Gasteiger partial charge is 0.162 e. The van der Waals surface area contributed by atoms with Gasteiger partial charge in [-0.25, -0.2) is 9.98 Å². The Hall–Kier alpha value is -2.26. The number of nitrogens with two attached hydrogens (primary N) is 1. The van der Waals surface area contributed by atoms with E-state index in [-0.39, 0.29) is 0 Å². The number of rotatable bonds is 7. The zero-order valence-corrected chi connectivity index (χ0v) is 17.8. The highest BCUT2D eigenvalue weighted by Gasteiger charge is 2.17. The van der Waals surface area contributed by atoms with Crippen LogP contribution in [0, 0.1) is 0 Å². The van der Waals surface area contributed by atoms with E-state index in [0.29, 0.717) is 22.8 Å². The molecule has 0 bridgehead atoms. The number of benzene rings is 1. The summed E-state index contributed by atoms with van der Waals surface area (Å²) in [4.78, 5) is 22.9. The summed E-state index contributed by atoms with van der Waals surface area (Å²) in [6.07, 6.45) is 6.60. The number of hydrogen-bond acceptors (Lipinski definition) is 5. The number of thiophene rings is 1. The van der Waals surface area contributed by atoms with Gasteiger partial charge in [0.25, 0.3) is 0 Å². The molecule has 0 aliphatic carbocycles. The molecule has 0 saturated heterocycles. The van der Waals surface area contributed by atoms with Crippen LogP contribution in [0.1, 0.15) is 20.8 Å². The third kappa shape index (κ3) is 4.03. The molecule has 138 valence electrons. The Bertz CT molecular complexity index is 1010. The summed E-state index contributed by atoms with van der Waals surface area (Å²) in [5.41, 5.74) is 9.84. The predicted octanol–water partition coefficient (Wildman–Crippen LogP) is 5.15. The SMILES string of the molecule is C=CCc1c(N)ncc2sc(C=O)c(/N=C\N(C)c3ccc(CI)cc3)c12. The number of anilines is 2. The number of carbonyl (C=O) groups excluding carboxylic acids is 1. The van der Waals surface area contributed by atoms with E-state index in [4.69, 9.17) is 5.73 Å². The lowest BCUT2D eigenvalue weighted by Crippen LogP contribution is -2.13. The van der Waals surface area contributed by atoms with Gasteiger partial charge in [0.2, 0.25) is 0 Å². The van der Waals surface area contributed by atoms with Crippen molar-refractivity contribution in [1.29, 1.82) is 0 Å².